The van der Waals surface area contributed by atoms with Crippen molar-refractivity contribution in [3.05, 3.63) is 63.6 Å². The fraction of sp³-hybridized carbons (Fsp3) is 0.400. The van der Waals surface area contributed by atoms with E-state index in [9.17, 15) is 0 Å². The van der Waals surface area contributed by atoms with Crippen molar-refractivity contribution < 1.29 is 4.74 Å². The van der Waals surface area contributed by atoms with E-state index in [-0.39, 0.29) is 0 Å². The van der Waals surface area contributed by atoms with Crippen LogP contribution in [0.15, 0.2) is 42.5 Å². The summed E-state index contributed by atoms with van der Waals surface area (Å²) < 4.78 is 5.97. The van der Waals surface area contributed by atoms with Crippen LogP contribution in [0, 0.1) is 0 Å². The Labute approximate surface area is 155 Å². The van der Waals surface area contributed by atoms with Crippen molar-refractivity contribution in [1.82, 2.24) is 5.32 Å². The van der Waals surface area contributed by atoms with Crippen LogP contribution in [-0.4, -0.2) is 6.54 Å². The first-order chi connectivity index (χ1) is 11.7. The van der Waals surface area contributed by atoms with Crippen LogP contribution >= 0.6 is 23.2 Å². The van der Waals surface area contributed by atoms with E-state index in [1.54, 1.807) is 6.07 Å². The maximum atomic E-state index is 6.20. The normalized spacial score (nSPS) is 10.8. The van der Waals surface area contributed by atoms with Crippen molar-refractivity contribution in [2.24, 2.45) is 0 Å². The molecule has 24 heavy (non-hydrogen) atoms. The van der Waals surface area contributed by atoms with Gasteiger partial charge in [-0.3, -0.25) is 0 Å². The summed E-state index contributed by atoms with van der Waals surface area (Å²) in [5.74, 6) is 0.893. The van der Waals surface area contributed by atoms with E-state index in [0.29, 0.717) is 16.7 Å². The monoisotopic (exact) mass is 365 g/mol. The number of hydrogen-bond donors (Lipinski definition) is 1. The van der Waals surface area contributed by atoms with Crippen molar-refractivity contribution >= 4 is 23.2 Å². The summed E-state index contributed by atoms with van der Waals surface area (Å²) in [7, 11) is 0. The van der Waals surface area contributed by atoms with Gasteiger partial charge in [-0.25, -0.2) is 0 Å². The Balaban J connectivity index is 1.86. The zero-order chi connectivity index (χ0) is 17.2. The van der Waals surface area contributed by atoms with E-state index in [2.05, 4.69) is 18.3 Å². The standard InChI is InChI=1S/C20H25Cl2NO/c1-2-3-4-7-12-23-14-16-8-5-6-9-20(16)24-15-17-10-11-18(21)13-19(17)22/h5-6,8-11,13,23H,2-4,7,12,14-15H2,1H3. The Morgan fingerprint density at radius 1 is 0.958 bits per heavy atom. The van der Waals surface area contributed by atoms with Crippen molar-refractivity contribution in [2.45, 2.75) is 45.8 Å². The summed E-state index contributed by atoms with van der Waals surface area (Å²) in [6.07, 6.45) is 5.08. The number of nitrogens with one attached hydrogen (secondary N) is 1. The van der Waals surface area contributed by atoms with Gasteiger partial charge in [-0.2, -0.15) is 0 Å². The Hall–Kier alpha value is -1.22. The van der Waals surface area contributed by atoms with Gasteiger partial charge in [0.1, 0.15) is 12.4 Å². The minimum atomic E-state index is 0.434. The van der Waals surface area contributed by atoms with Crippen molar-refractivity contribution in [2.75, 3.05) is 6.54 Å². The summed E-state index contributed by atoms with van der Waals surface area (Å²) in [6, 6.07) is 13.6. The van der Waals surface area contributed by atoms with Crippen molar-refractivity contribution in [3.8, 4) is 5.75 Å². The summed E-state index contributed by atoms with van der Waals surface area (Å²) in [4.78, 5) is 0. The van der Waals surface area contributed by atoms with Gasteiger partial charge in [-0.15, -0.1) is 0 Å². The van der Waals surface area contributed by atoms with Crippen molar-refractivity contribution in [3.63, 3.8) is 0 Å². The van der Waals surface area contributed by atoms with Crippen LogP contribution in [0.25, 0.3) is 0 Å². The molecule has 0 fully saturated rings. The fourth-order valence-electron chi connectivity index (χ4n) is 2.48. The molecule has 0 saturated heterocycles. The molecule has 0 radical (unpaired) electrons. The Morgan fingerprint density at radius 2 is 1.79 bits per heavy atom. The molecule has 0 aromatic heterocycles. The van der Waals surface area contributed by atoms with E-state index in [1.807, 2.05) is 30.3 Å². The number of hydrogen-bond acceptors (Lipinski definition) is 2. The lowest BCUT2D eigenvalue weighted by atomic mass is 10.2. The first-order valence-corrected chi connectivity index (χ1v) is 9.31. The molecule has 0 bridgehead atoms. The van der Waals surface area contributed by atoms with Crippen LogP contribution in [-0.2, 0) is 13.2 Å². The van der Waals surface area contributed by atoms with Crippen molar-refractivity contribution in [1.29, 1.82) is 0 Å². The zero-order valence-electron chi connectivity index (χ0n) is 14.2. The molecule has 0 spiro atoms. The molecule has 0 heterocycles. The van der Waals surface area contributed by atoms with Gasteiger partial charge in [-0.05, 0) is 31.2 Å². The predicted octanol–water partition coefficient (Wildman–Crippen LogP) is 6.24. The summed E-state index contributed by atoms with van der Waals surface area (Å²) in [5.41, 5.74) is 2.10. The Bertz CT molecular complexity index is 631. The number of halogens is 2. The van der Waals surface area contributed by atoms with Gasteiger partial charge in [-0.1, -0.05) is 73.7 Å². The van der Waals surface area contributed by atoms with Crippen LogP contribution in [0.4, 0.5) is 0 Å². The average Bonchev–Trinajstić information content (AvgIpc) is 2.58. The van der Waals surface area contributed by atoms with Crippen LogP contribution in [0.2, 0.25) is 10.0 Å². The second kappa shape index (κ2) is 10.6. The molecule has 0 aliphatic carbocycles. The number of rotatable bonds is 10. The molecule has 2 nitrogen and oxygen atoms in total. The summed E-state index contributed by atoms with van der Waals surface area (Å²) >= 11 is 12.1. The largest absolute Gasteiger partial charge is 0.489 e. The van der Waals surface area contributed by atoms with Crippen LogP contribution in [0.1, 0.15) is 43.7 Å². The van der Waals surface area contributed by atoms with Gasteiger partial charge >= 0.3 is 0 Å². The highest BCUT2D eigenvalue weighted by molar-refractivity contribution is 6.35. The molecular weight excluding hydrogens is 341 g/mol. The molecule has 0 amide bonds. The van der Waals surface area contributed by atoms with E-state index in [0.717, 1.165) is 30.0 Å². The lowest BCUT2D eigenvalue weighted by Crippen LogP contribution is -2.15. The predicted molar refractivity (Wildman–Crippen MR) is 103 cm³/mol. The maximum absolute atomic E-state index is 6.20. The smallest absolute Gasteiger partial charge is 0.124 e. The molecule has 0 saturated carbocycles. The minimum Gasteiger partial charge on any atom is -0.489 e. The number of para-hydroxylation sites is 1. The minimum absolute atomic E-state index is 0.434. The average molecular weight is 366 g/mol. The third-order valence-electron chi connectivity index (χ3n) is 3.89. The third-order valence-corrected chi connectivity index (χ3v) is 4.48. The van der Waals surface area contributed by atoms with E-state index < -0.39 is 0 Å². The van der Waals surface area contributed by atoms with Gasteiger partial charge < -0.3 is 10.1 Å². The third kappa shape index (κ3) is 6.35. The second-order valence-corrected chi connectivity index (χ2v) is 6.71. The van der Waals surface area contributed by atoms with Gasteiger partial charge in [0, 0.05) is 27.7 Å². The van der Waals surface area contributed by atoms with Crippen LogP contribution < -0.4 is 10.1 Å². The maximum Gasteiger partial charge on any atom is 0.124 e. The quantitative estimate of drug-likeness (QED) is 0.503. The Morgan fingerprint density at radius 3 is 2.58 bits per heavy atom. The number of benzene rings is 2. The lowest BCUT2D eigenvalue weighted by molar-refractivity contribution is 0.302. The molecule has 2 rings (SSSR count). The van der Waals surface area contributed by atoms with E-state index in [4.69, 9.17) is 27.9 Å². The van der Waals surface area contributed by atoms with E-state index >= 15 is 0 Å². The molecule has 130 valence electrons. The summed E-state index contributed by atoms with van der Waals surface area (Å²) in [5, 5.41) is 4.76. The number of unbranched alkanes of at least 4 members (excludes halogenated alkanes) is 3. The van der Waals surface area contributed by atoms with Gasteiger partial charge in [0.25, 0.3) is 0 Å². The van der Waals surface area contributed by atoms with Gasteiger partial charge in [0.05, 0.1) is 0 Å². The topological polar surface area (TPSA) is 21.3 Å². The molecule has 4 heteroatoms. The molecular formula is C20H25Cl2NO. The van der Waals surface area contributed by atoms with Gasteiger partial charge in [0.15, 0.2) is 0 Å². The second-order valence-electron chi connectivity index (χ2n) is 5.87. The number of ether oxygens (including phenoxy) is 1. The SMILES string of the molecule is CCCCCCNCc1ccccc1OCc1ccc(Cl)cc1Cl. The fourth-order valence-corrected chi connectivity index (χ4v) is 2.95. The first kappa shape index (κ1) is 19.1. The molecule has 2 aromatic rings. The first-order valence-electron chi connectivity index (χ1n) is 8.56. The highest BCUT2D eigenvalue weighted by Crippen LogP contribution is 2.24. The molecule has 0 unspecified atom stereocenters. The molecule has 1 N–H and O–H groups in total. The highest BCUT2D eigenvalue weighted by Gasteiger charge is 2.06. The van der Waals surface area contributed by atoms with E-state index in [1.165, 1.54) is 25.7 Å². The summed E-state index contributed by atoms with van der Waals surface area (Å²) in [6.45, 7) is 4.52. The molecule has 0 aliphatic heterocycles. The van der Waals surface area contributed by atoms with Gasteiger partial charge in [0.2, 0.25) is 0 Å². The van der Waals surface area contributed by atoms with Crippen LogP contribution in [0.5, 0.6) is 5.75 Å². The highest BCUT2D eigenvalue weighted by atomic mass is 35.5. The lowest BCUT2D eigenvalue weighted by Gasteiger charge is -2.13. The van der Waals surface area contributed by atoms with Crippen LogP contribution in [0.3, 0.4) is 0 Å². The molecule has 2 aromatic carbocycles. The zero-order valence-corrected chi connectivity index (χ0v) is 15.7. The Kier molecular flexibility index (Phi) is 8.44. The molecule has 0 atom stereocenters. The molecule has 0 aliphatic rings.